The lowest BCUT2D eigenvalue weighted by atomic mass is 10.2. The minimum absolute atomic E-state index is 0.540. The highest BCUT2D eigenvalue weighted by Gasteiger charge is 2.12. The quantitative estimate of drug-likeness (QED) is 0.331. The van der Waals surface area contributed by atoms with Gasteiger partial charge in [-0.15, -0.1) is 11.5 Å². The van der Waals surface area contributed by atoms with Gasteiger partial charge in [-0.1, -0.05) is 35.9 Å². The summed E-state index contributed by atoms with van der Waals surface area (Å²) in [6, 6.07) is 17.6. The number of aryl methyl sites for hydroxylation is 1. The number of thioether (sulfide) groups is 1. The Hall–Kier alpha value is -3.83. The Balaban J connectivity index is 1.41. The Kier molecular flexibility index (Phi) is 4.58. The molecule has 0 bridgehead atoms. The standard InChI is InChI=1S/C22H17N7S/c1-3-15-7-6-8-16(12-15)24-20-11-14(2)23-21-27-22(28-29(20)21)30-13-19-25-17-9-4-5-10-18(17)26-19/h1,4-12,24H,13H2,2H3,(H,25,26). The summed E-state index contributed by atoms with van der Waals surface area (Å²) in [5.74, 6) is 5.48. The number of hydrogen-bond donors (Lipinski definition) is 2. The molecule has 0 aliphatic rings. The average Bonchev–Trinajstić information content (AvgIpc) is 3.35. The van der Waals surface area contributed by atoms with Crippen molar-refractivity contribution in [2.24, 2.45) is 0 Å². The lowest BCUT2D eigenvalue weighted by Crippen LogP contribution is -2.02. The summed E-state index contributed by atoms with van der Waals surface area (Å²) < 4.78 is 1.70. The Bertz CT molecular complexity index is 1380. The molecule has 30 heavy (non-hydrogen) atoms. The number of fused-ring (bicyclic) bond motifs is 2. The fourth-order valence-corrected chi connectivity index (χ4v) is 3.85. The third-order valence-electron chi connectivity index (χ3n) is 4.50. The number of terminal acetylenes is 1. The maximum absolute atomic E-state index is 5.51. The predicted octanol–water partition coefficient (Wildman–Crippen LogP) is 4.33. The maximum Gasteiger partial charge on any atom is 0.255 e. The molecule has 0 spiro atoms. The van der Waals surface area contributed by atoms with Gasteiger partial charge < -0.3 is 10.3 Å². The zero-order valence-corrected chi connectivity index (χ0v) is 16.9. The summed E-state index contributed by atoms with van der Waals surface area (Å²) in [6.07, 6.45) is 5.51. The van der Waals surface area contributed by atoms with Crippen LogP contribution in [0.2, 0.25) is 0 Å². The number of aromatic amines is 1. The monoisotopic (exact) mass is 411 g/mol. The van der Waals surface area contributed by atoms with Crippen LogP contribution in [0.3, 0.4) is 0 Å². The van der Waals surface area contributed by atoms with Crippen LogP contribution >= 0.6 is 11.8 Å². The van der Waals surface area contributed by atoms with Crippen LogP contribution in [0.5, 0.6) is 0 Å². The number of nitrogens with zero attached hydrogens (tertiary/aromatic N) is 5. The molecule has 146 valence electrons. The summed E-state index contributed by atoms with van der Waals surface area (Å²) >= 11 is 1.51. The Morgan fingerprint density at radius 1 is 1.10 bits per heavy atom. The van der Waals surface area contributed by atoms with Crippen molar-refractivity contribution in [3.8, 4) is 12.3 Å². The molecule has 0 saturated heterocycles. The molecule has 0 unspecified atom stereocenters. The number of hydrogen-bond acceptors (Lipinski definition) is 6. The van der Waals surface area contributed by atoms with Gasteiger partial charge in [-0.25, -0.2) is 9.97 Å². The van der Waals surface area contributed by atoms with Gasteiger partial charge in [-0.2, -0.15) is 9.50 Å². The zero-order valence-electron chi connectivity index (χ0n) is 16.1. The van der Waals surface area contributed by atoms with Crippen LogP contribution in [-0.4, -0.2) is 29.5 Å². The van der Waals surface area contributed by atoms with Gasteiger partial charge in [-0.3, -0.25) is 0 Å². The van der Waals surface area contributed by atoms with E-state index in [2.05, 4.69) is 36.3 Å². The van der Waals surface area contributed by atoms with E-state index < -0.39 is 0 Å². The molecule has 0 saturated carbocycles. The largest absolute Gasteiger partial charge is 0.341 e. The van der Waals surface area contributed by atoms with E-state index in [-0.39, 0.29) is 0 Å². The lowest BCUT2D eigenvalue weighted by Gasteiger charge is -2.08. The van der Waals surface area contributed by atoms with Crippen LogP contribution in [0.25, 0.3) is 16.8 Å². The number of imidazole rings is 1. The summed E-state index contributed by atoms with van der Waals surface area (Å²) in [6.45, 7) is 1.93. The third kappa shape index (κ3) is 3.58. The van der Waals surface area contributed by atoms with Gasteiger partial charge in [0.15, 0.2) is 0 Å². The molecule has 2 N–H and O–H groups in total. The molecular formula is C22H17N7S. The number of anilines is 2. The van der Waals surface area contributed by atoms with Crippen molar-refractivity contribution in [2.45, 2.75) is 17.8 Å². The van der Waals surface area contributed by atoms with Gasteiger partial charge in [0.25, 0.3) is 5.78 Å². The van der Waals surface area contributed by atoms with Crippen molar-refractivity contribution in [1.82, 2.24) is 29.5 Å². The molecule has 0 aliphatic carbocycles. The van der Waals surface area contributed by atoms with E-state index in [4.69, 9.17) is 6.42 Å². The van der Waals surface area contributed by atoms with Crippen molar-refractivity contribution in [1.29, 1.82) is 0 Å². The highest BCUT2D eigenvalue weighted by Crippen LogP contribution is 2.23. The second-order valence-corrected chi connectivity index (χ2v) is 7.67. The minimum Gasteiger partial charge on any atom is -0.341 e. The summed E-state index contributed by atoms with van der Waals surface area (Å²) in [5.41, 5.74) is 4.51. The second-order valence-electron chi connectivity index (χ2n) is 6.73. The van der Waals surface area contributed by atoms with Gasteiger partial charge in [0, 0.05) is 23.0 Å². The van der Waals surface area contributed by atoms with Crippen molar-refractivity contribution in [2.75, 3.05) is 5.32 Å². The third-order valence-corrected chi connectivity index (χ3v) is 5.35. The van der Waals surface area contributed by atoms with Crippen LogP contribution in [-0.2, 0) is 5.75 Å². The molecular weight excluding hydrogens is 394 g/mol. The van der Waals surface area contributed by atoms with Crippen LogP contribution in [0.1, 0.15) is 17.1 Å². The SMILES string of the molecule is C#Cc1cccc(Nc2cc(C)nc3nc(SCc4nc5ccccc5[nH]4)nn23)c1. The highest BCUT2D eigenvalue weighted by molar-refractivity contribution is 7.98. The summed E-state index contributed by atoms with van der Waals surface area (Å²) in [5, 5.41) is 8.62. The van der Waals surface area contributed by atoms with Crippen LogP contribution < -0.4 is 5.32 Å². The molecule has 5 rings (SSSR count). The smallest absolute Gasteiger partial charge is 0.255 e. The molecule has 2 aromatic carbocycles. The van der Waals surface area contributed by atoms with Gasteiger partial charge >= 0.3 is 0 Å². The summed E-state index contributed by atoms with van der Waals surface area (Å²) in [7, 11) is 0. The van der Waals surface area contributed by atoms with Crippen molar-refractivity contribution in [3.05, 3.63) is 71.7 Å². The van der Waals surface area contributed by atoms with Gasteiger partial charge in [0.1, 0.15) is 11.6 Å². The van der Waals surface area contributed by atoms with E-state index in [1.807, 2.05) is 61.5 Å². The number of rotatable bonds is 5. The molecule has 0 atom stereocenters. The Morgan fingerprint density at radius 2 is 2.00 bits per heavy atom. The van der Waals surface area contributed by atoms with E-state index in [0.29, 0.717) is 16.7 Å². The lowest BCUT2D eigenvalue weighted by molar-refractivity contribution is 0.881. The average molecular weight is 411 g/mol. The molecule has 0 fully saturated rings. The van der Waals surface area contributed by atoms with Gasteiger partial charge in [-0.05, 0) is 37.3 Å². The van der Waals surface area contributed by atoms with Crippen LogP contribution in [0.4, 0.5) is 11.5 Å². The minimum atomic E-state index is 0.540. The number of aromatic nitrogens is 6. The number of nitrogens with one attached hydrogen (secondary N) is 2. The maximum atomic E-state index is 5.51. The molecule has 3 heterocycles. The Labute approximate surface area is 177 Å². The molecule has 0 amide bonds. The van der Waals surface area contributed by atoms with Gasteiger partial charge in [0.05, 0.1) is 16.8 Å². The molecule has 8 heteroatoms. The number of para-hydroxylation sites is 2. The first-order chi connectivity index (χ1) is 14.7. The normalized spacial score (nSPS) is 11.1. The van der Waals surface area contributed by atoms with Crippen molar-refractivity contribution < 1.29 is 0 Å². The van der Waals surface area contributed by atoms with Crippen LogP contribution in [0.15, 0.2) is 59.8 Å². The Morgan fingerprint density at radius 3 is 2.87 bits per heavy atom. The topological polar surface area (TPSA) is 83.8 Å². The first-order valence-electron chi connectivity index (χ1n) is 9.32. The van der Waals surface area contributed by atoms with E-state index in [1.54, 1.807) is 4.52 Å². The first-order valence-corrected chi connectivity index (χ1v) is 10.3. The van der Waals surface area contributed by atoms with E-state index in [0.717, 1.165) is 39.6 Å². The summed E-state index contributed by atoms with van der Waals surface area (Å²) in [4.78, 5) is 17.0. The fraction of sp³-hybridized carbons (Fsp3) is 0.0909. The first kappa shape index (κ1) is 18.2. The van der Waals surface area contributed by atoms with Gasteiger partial charge in [0.2, 0.25) is 5.16 Å². The van der Waals surface area contributed by atoms with Crippen molar-refractivity contribution in [3.63, 3.8) is 0 Å². The van der Waals surface area contributed by atoms with E-state index >= 15 is 0 Å². The molecule has 7 nitrogen and oxygen atoms in total. The van der Waals surface area contributed by atoms with E-state index in [1.165, 1.54) is 11.8 Å². The van der Waals surface area contributed by atoms with E-state index in [9.17, 15) is 0 Å². The molecule has 0 aliphatic heterocycles. The van der Waals surface area contributed by atoms with Crippen LogP contribution in [0, 0.1) is 19.3 Å². The number of benzene rings is 2. The molecule has 0 radical (unpaired) electrons. The molecule has 5 aromatic rings. The molecule has 3 aromatic heterocycles. The highest BCUT2D eigenvalue weighted by atomic mass is 32.2. The number of H-pyrrole nitrogens is 1. The second kappa shape index (κ2) is 7.54. The zero-order chi connectivity index (χ0) is 20.5. The fourth-order valence-electron chi connectivity index (χ4n) is 3.16. The predicted molar refractivity (Wildman–Crippen MR) is 119 cm³/mol. The van der Waals surface area contributed by atoms with Crippen molar-refractivity contribution >= 4 is 40.1 Å².